The van der Waals surface area contributed by atoms with E-state index in [-0.39, 0.29) is 23.7 Å². The summed E-state index contributed by atoms with van der Waals surface area (Å²) in [6, 6.07) is 5.76. The van der Waals surface area contributed by atoms with Gasteiger partial charge in [-0.15, -0.1) is 0 Å². The normalized spacial score (nSPS) is 12.2. The van der Waals surface area contributed by atoms with Crippen molar-refractivity contribution in [2.75, 3.05) is 11.9 Å². The van der Waals surface area contributed by atoms with Crippen LogP contribution in [0.3, 0.4) is 0 Å². The van der Waals surface area contributed by atoms with Crippen LogP contribution in [0.25, 0.3) is 0 Å². The highest BCUT2D eigenvalue weighted by Gasteiger charge is 2.22. The second-order valence-corrected chi connectivity index (χ2v) is 6.71. The third-order valence-electron chi connectivity index (χ3n) is 3.85. The molecule has 156 valence electrons. The molecule has 2 amide bonds. The molecule has 2 N–H and O–H groups in total. The topological polar surface area (TPSA) is 93.2 Å². The SMILES string of the molecule is CCCC(=O)Nc1cc(C(=O)NC(C)c2ccc(OCC(C)(F)F)nc2)ccn1. The number of ether oxygens (including phenoxy) is 1. The summed E-state index contributed by atoms with van der Waals surface area (Å²) in [6.07, 6.45) is 3.98. The lowest BCUT2D eigenvalue weighted by Gasteiger charge is -2.15. The first kappa shape index (κ1) is 22.2. The lowest BCUT2D eigenvalue weighted by atomic mass is 10.1. The second-order valence-electron chi connectivity index (χ2n) is 6.71. The summed E-state index contributed by atoms with van der Waals surface area (Å²) in [5.41, 5.74) is 1.02. The zero-order chi connectivity index (χ0) is 21.4. The van der Waals surface area contributed by atoms with Gasteiger partial charge in [-0.05, 0) is 31.0 Å². The van der Waals surface area contributed by atoms with Gasteiger partial charge in [0.05, 0.1) is 6.04 Å². The van der Waals surface area contributed by atoms with E-state index in [0.717, 1.165) is 6.92 Å². The van der Waals surface area contributed by atoms with Gasteiger partial charge in [-0.25, -0.2) is 18.7 Å². The lowest BCUT2D eigenvalue weighted by molar-refractivity contribution is -0.116. The molecular weight excluding hydrogens is 382 g/mol. The highest BCUT2D eigenvalue weighted by molar-refractivity contribution is 5.96. The van der Waals surface area contributed by atoms with Crippen molar-refractivity contribution in [2.45, 2.75) is 45.6 Å². The van der Waals surface area contributed by atoms with Crippen molar-refractivity contribution >= 4 is 17.6 Å². The van der Waals surface area contributed by atoms with Crippen LogP contribution >= 0.6 is 0 Å². The van der Waals surface area contributed by atoms with Crippen molar-refractivity contribution in [3.05, 3.63) is 47.8 Å². The molecule has 2 rings (SSSR count). The number of carbonyl (C=O) groups is 2. The molecule has 0 bridgehead atoms. The first-order valence-corrected chi connectivity index (χ1v) is 9.21. The van der Waals surface area contributed by atoms with Gasteiger partial charge in [0.15, 0.2) is 6.61 Å². The third-order valence-corrected chi connectivity index (χ3v) is 3.85. The van der Waals surface area contributed by atoms with Crippen LogP contribution in [-0.4, -0.2) is 34.3 Å². The molecule has 7 nitrogen and oxygen atoms in total. The molecule has 0 spiro atoms. The largest absolute Gasteiger partial charge is 0.471 e. The van der Waals surface area contributed by atoms with E-state index in [9.17, 15) is 18.4 Å². The van der Waals surface area contributed by atoms with Gasteiger partial charge in [0.2, 0.25) is 11.8 Å². The van der Waals surface area contributed by atoms with Gasteiger partial charge in [0.25, 0.3) is 11.8 Å². The van der Waals surface area contributed by atoms with Crippen molar-refractivity contribution in [3.63, 3.8) is 0 Å². The van der Waals surface area contributed by atoms with Crippen LogP contribution in [0.1, 0.15) is 55.6 Å². The predicted molar refractivity (Wildman–Crippen MR) is 104 cm³/mol. The van der Waals surface area contributed by atoms with Crippen molar-refractivity contribution in [1.29, 1.82) is 0 Å². The smallest absolute Gasteiger partial charge is 0.278 e. The monoisotopic (exact) mass is 406 g/mol. The Morgan fingerprint density at radius 1 is 1.24 bits per heavy atom. The van der Waals surface area contributed by atoms with Gasteiger partial charge >= 0.3 is 0 Å². The van der Waals surface area contributed by atoms with Gasteiger partial charge in [-0.3, -0.25) is 9.59 Å². The molecule has 1 unspecified atom stereocenters. The first-order chi connectivity index (χ1) is 13.7. The fraction of sp³-hybridized carbons (Fsp3) is 0.400. The summed E-state index contributed by atoms with van der Waals surface area (Å²) in [4.78, 5) is 32.2. The molecule has 0 aromatic carbocycles. The lowest BCUT2D eigenvalue weighted by Crippen LogP contribution is -2.27. The van der Waals surface area contributed by atoms with E-state index in [2.05, 4.69) is 20.6 Å². The number of nitrogens with one attached hydrogen (secondary N) is 2. The predicted octanol–water partition coefficient (Wildman–Crippen LogP) is 3.74. The summed E-state index contributed by atoms with van der Waals surface area (Å²) in [7, 11) is 0. The number of pyridine rings is 2. The van der Waals surface area contributed by atoms with Gasteiger partial charge in [-0.1, -0.05) is 13.0 Å². The Morgan fingerprint density at radius 2 is 2.00 bits per heavy atom. The molecule has 2 heterocycles. The van der Waals surface area contributed by atoms with Crippen LogP contribution < -0.4 is 15.4 Å². The molecule has 9 heteroatoms. The van der Waals surface area contributed by atoms with E-state index in [4.69, 9.17) is 4.74 Å². The van der Waals surface area contributed by atoms with Gasteiger partial charge in [0, 0.05) is 37.4 Å². The molecule has 0 aliphatic rings. The quantitative estimate of drug-likeness (QED) is 0.662. The highest BCUT2D eigenvalue weighted by atomic mass is 19.3. The van der Waals surface area contributed by atoms with Gasteiger partial charge in [-0.2, -0.15) is 0 Å². The minimum absolute atomic E-state index is 0.0791. The van der Waals surface area contributed by atoms with Crippen molar-refractivity contribution < 1.29 is 23.1 Å². The zero-order valence-corrected chi connectivity index (χ0v) is 16.5. The number of alkyl halides is 2. The van der Waals surface area contributed by atoms with Crippen LogP contribution in [-0.2, 0) is 4.79 Å². The molecule has 0 radical (unpaired) electrons. The standard InChI is InChI=1S/C20H24F2N4O3/c1-4-5-17(27)26-16-10-14(8-9-23-16)19(28)25-13(2)15-6-7-18(24-11-15)29-12-20(3,21)22/h6-11,13H,4-5,12H2,1-3H3,(H,25,28)(H,23,26,27). The van der Waals surface area contributed by atoms with E-state index in [1.54, 1.807) is 13.0 Å². The Morgan fingerprint density at radius 3 is 2.62 bits per heavy atom. The molecular formula is C20H24F2N4O3. The van der Waals surface area contributed by atoms with Crippen molar-refractivity contribution in [1.82, 2.24) is 15.3 Å². The zero-order valence-electron chi connectivity index (χ0n) is 16.5. The Bertz CT molecular complexity index is 838. The third kappa shape index (κ3) is 7.44. The Kier molecular flexibility index (Phi) is 7.58. The van der Waals surface area contributed by atoms with Crippen LogP contribution in [0.4, 0.5) is 14.6 Å². The van der Waals surface area contributed by atoms with Crippen molar-refractivity contribution in [3.8, 4) is 5.88 Å². The first-order valence-electron chi connectivity index (χ1n) is 9.21. The summed E-state index contributed by atoms with van der Waals surface area (Å²) >= 11 is 0. The maximum absolute atomic E-state index is 12.8. The summed E-state index contributed by atoms with van der Waals surface area (Å²) in [5, 5.41) is 5.46. The molecule has 1 atom stereocenters. The van der Waals surface area contributed by atoms with Crippen LogP contribution in [0, 0.1) is 0 Å². The molecule has 0 saturated heterocycles. The number of amides is 2. The van der Waals surface area contributed by atoms with E-state index in [1.807, 2.05) is 6.92 Å². The number of nitrogens with zero attached hydrogens (tertiary/aromatic N) is 2. The van der Waals surface area contributed by atoms with Crippen LogP contribution in [0.15, 0.2) is 36.7 Å². The number of hydrogen-bond donors (Lipinski definition) is 2. The highest BCUT2D eigenvalue weighted by Crippen LogP contribution is 2.18. The maximum atomic E-state index is 12.8. The number of aromatic nitrogens is 2. The number of anilines is 1. The summed E-state index contributed by atoms with van der Waals surface area (Å²) in [6.45, 7) is 3.66. The van der Waals surface area contributed by atoms with Crippen LogP contribution in [0.2, 0.25) is 0 Å². The number of halogens is 2. The molecule has 0 aliphatic heterocycles. The molecule has 2 aromatic rings. The number of carbonyl (C=O) groups excluding carboxylic acids is 2. The molecule has 0 fully saturated rings. The minimum Gasteiger partial charge on any atom is -0.471 e. The number of hydrogen-bond acceptors (Lipinski definition) is 5. The molecule has 0 saturated carbocycles. The summed E-state index contributed by atoms with van der Waals surface area (Å²) < 4.78 is 30.6. The van der Waals surface area contributed by atoms with E-state index in [1.165, 1.54) is 30.6 Å². The molecule has 0 aliphatic carbocycles. The minimum atomic E-state index is -2.94. The maximum Gasteiger partial charge on any atom is 0.278 e. The summed E-state index contributed by atoms with van der Waals surface area (Å²) in [5.74, 6) is -3.08. The average Bonchev–Trinajstić information content (AvgIpc) is 2.66. The van der Waals surface area contributed by atoms with E-state index < -0.39 is 12.5 Å². The Labute approximate surface area is 167 Å². The fourth-order valence-corrected chi connectivity index (χ4v) is 2.37. The van der Waals surface area contributed by atoms with E-state index >= 15 is 0 Å². The van der Waals surface area contributed by atoms with Gasteiger partial charge in [0.1, 0.15) is 5.82 Å². The Hall–Kier alpha value is -3.10. The fourth-order valence-electron chi connectivity index (χ4n) is 2.37. The van der Waals surface area contributed by atoms with Gasteiger partial charge < -0.3 is 15.4 Å². The van der Waals surface area contributed by atoms with E-state index in [0.29, 0.717) is 29.8 Å². The van der Waals surface area contributed by atoms with Crippen molar-refractivity contribution in [2.24, 2.45) is 0 Å². The Balaban J connectivity index is 1.97. The van der Waals surface area contributed by atoms with Crippen LogP contribution in [0.5, 0.6) is 5.88 Å². The second kappa shape index (κ2) is 9.90. The number of rotatable bonds is 9. The molecule has 29 heavy (non-hydrogen) atoms. The molecule has 2 aromatic heterocycles. The average molecular weight is 406 g/mol.